The fourth-order valence-corrected chi connectivity index (χ4v) is 4.12. The minimum Gasteiger partial charge on any atom is -0.454 e. The highest BCUT2D eigenvalue weighted by molar-refractivity contribution is 6.08. The number of aromatic nitrogens is 2. The van der Waals surface area contributed by atoms with E-state index < -0.39 is 5.92 Å². The lowest BCUT2D eigenvalue weighted by atomic mass is 9.85. The second-order valence-corrected chi connectivity index (χ2v) is 7.52. The molecule has 152 valence electrons. The van der Waals surface area contributed by atoms with Crippen LogP contribution in [0.2, 0.25) is 0 Å². The van der Waals surface area contributed by atoms with Crippen LogP contribution in [0, 0.1) is 6.92 Å². The first-order chi connectivity index (χ1) is 14.5. The Kier molecular flexibility index (Phi) is 4.31. The molecule has 1 aromatic heterocycles. The summed E-state index contributed by atoms with van der Waals surface area (Å²) in [5.41, 5.74) is 4.01. The molecular formula is C23H21N3O4. The minimum absolute atomic E-state index is 0.0851. The van der Waals surface area contributed by atoms with Crippen molar-refractivity contribution < 1.29 is 19.1 Å². The number of ether oxygens (including phenoxy) is 2. The second kappa shape index (κ2) is 7.02. The molecule has 1 N–H and O–H groups in total. The van der Waals surface area contributed by atoms with E-state index in [1.807, 2.05) is 25.1 Å². The second-order valence-electron chi connectivity index (χ2n) is 7.52. The number of anilines is 1. The van der Waals surface area contributed by atoms with Crippen molar-refractivity contribution in [2.24, 2.45) is 0 Å². The third-order valence-electron chi connectivity index (χ3n) is 5.64. The summed E-state index contributed by atoms with van der Waals surface area (Å²) >= 11 is 0. The van der Waals surface area contributed by atoms with Crippen LogP contribution in [0.25, 0.3) is 5.69 Å². The lowest BCUT2D eigenvalue weighted by molar-refractivity contribution is -0.116. The van der Waals surface area contributed by atoms with Crippen LogP contribution in [0.3, 0.4) is 0 Å². The molecular weight excluding hydrogens is 382 g/mol. The van der Waals surface area contributed by atoms with E-state index in [2.05, 4.69) is 23.4 Å². The van der Waals surface area contributed by atoms with Gasteiger partial charge in [-0.15, -0.1) is 0 Å². The number of amides is 1. The molecule has 0 aliphatic carbocycles. The molecule has 3 heterocycles. The number of hydrogen-bond acceptors (Lipinski definition) is 5. The Labute approximate surface area is 173 Å². The van der Waals surface area contributed by atoms with Gasteiger partial charge in [-0.1, -0.05) is 19.1 Å². The highest BCUT2D eigenvalue weighted by Crippen LogP contribution is 2.40. The average molecular weight is 403 g/mol. The Bertz CT molecular complexity index is 1180. The van der Waals surface area contributed by atoms with Gasteiger partial charge in [-0.3, -0.25) is 9.59 Å². The van der Waals surface area contributed by atoms with Crippen LogP contribution in [-0.4, -0.2) is 28.3 Å². The Hall–Kier alpha value is -3.61. The van der Waals surface area contributed by atoms with Crippen molar-refractivity contribution in [1.82, 2.24) is 9.78 Å². The number of benzene rings is 2. The number of hydrogen-bond donors (Lipinski definition) is 1. The smallest absolute Gasteiger partial charge is 0.231 e. The summed E-state index contributed by atoms with van der Waals surface area (Å²) in [6.07, 6.45) is 0.982. The third-order valence-corrected chi connectivity index (χ3v) is 5.64. The Morgan fingerprint density at radius 1 is 1.20 bits per heavy atom. The number of carbonyl (C=O) groups is 2. The first-order valence-corrected chi connectivity index (χ1v) is 9.97. The van der Waals surface area contributed by atoms with Crippen LogP contribution < -0.4 is 14.8 Å². The molecule has 2 aliphatic rings. The fraction of sp³-hybridized carbons (Fsp3) is 0.261. The Morgan fingerprint density at radius 2 is 2.03 bits per heavy atom. The van der Waals surface area contributed by atoms with Gasteiger partial charge in [0.05, 0.1) is 17.3 Å². The lowest BCUT2D eigenvalue weighted by Gasteiger charge is -2.23. The Balaban J connectivity index is 1.58. The molecule has 0 saturated heterocycles. The highest BCUT2D eigenvalue weighted by Gasteiger charge is 2.36. The van der Waals surface area contributed by atoms with Gasteiger partial charge in [0.25, 0.3) is 0 Å². The van der Waals surface area contributed by atoms with Crippen LogP contribution in [-0.2, 0) is 11.2 Å². The van der Waals surface area contributed by atoms with E-state index in [1.54, 1.807) is 22.9 Å². The van der Waals surface area contributed by atoms with Crippen LogP contribution >= 0.6 is 0 Å². The monoisotopic (exact) mass is 403 g/mol. The maximum Gasteiger partial charge on any atom is 0.231 e. The summed E-state index contributed by atoms with van der Waals surface area (Å²) in [7, 11) is 0. The molecule has 2 aliphatic heterocycles. The largest absolute Gasteiger partial charge is 0.454 e. The molecule has 30 heavy (non-hydrogen) atoms. The number of nitrogens with one attached hydrogen (secondary N) is 1. The topological polar surface area (TPSA) is 82.5 Å². The molecule has 1 amide bonds. The van der Waals surface area contributed by atoms with Gasteiger partial charge in [0, 0.05) is 17.5 Å². The predicted octanol–water partition coefficient (Wildman–Crippen LogP) is 3.78. The summed E-state index contributed by atoms with van der Waals surface area (Å²) in [5, 5.41) is 7.59. The van der Waals surface area contributed by atoms with Crippen molar-refractivity contribution in [3.05, 3.63) is 64.8 Å². The zero-order valence-corrected chi connectivity index (χ0v) is 16.8. The number of ketones is 1. The normalized spacial score (nSPS) is 16.9. The molecule has 7 nitrogen and oxygen atoms in total. The summed E-state index contributed by atoms with van der Waals surface area (Å²) in [6, 6.07) is 13.1. The molecule has 1 unspecified atom stereocenters. The first-order valence-electron chi connectivity index (χ1n) is 9.97. The molecule has 0 spiro atoms. The summed E-state index contributed by atoms with van der Waals surface area (Å²) < 4.78 is 12.5. The SMILES string of the molecule is CCc1cccc(-n2nc(C)c3c2NC(=O)CC3C(=O)c2ccc3c(c2)OCO3)c1. The number of aryl methyl sites for hydroxylation is 2. The van der Waals surface area contributed by atoms with Crippen molar-refractivity contribution in [2.45, 2.75) is 32.6 Å². The Morgan fingerprint density at radius 3 is 2.87 bits per heavy atom. The van der Waals surface area contributed by atoms with Crippen LogP contribution in [0.5, 0.6) is 11.5 Å². The van der Waals surface area contributed by atoms with E-state index in [4.69, 9.17) is 9.47 Å². The molecule has 2 aromatic carbocycles. The fourth-order valence-electron chi connectivity index (χ4n) is 4.12. The first kappa shape index (κ1) is 18.4. The molecule has 0 fully saturated rings. The van der Waals surface area contributed by atoms with Crippen LogP contribution in [0.1, 0.15) is 46.4 Å². The van der Waals surface area contributed by atoms with E-state index in [-0.39, 0.29) is 24.9 Å². The van der Waals surface area contributed by atoms with Gasteiger partial charge in [0.1, 0.15) is 5.82 Å². The molecule has 1 atom stereocenters. The highest BCUT2D eigenvalue weighted by atomic mass is 16.7. The van der Waals surface area contributed by atoms with Gasteiger partial charge >= 0.3 is 0 Å². The average Bonchev–Trinajstić information content (AvgIpc) is 3.36. The molecule has 3 aromatic rings. The molecule has 0 bridgehead atoms. The number of carbonyl (C=O) groups excluding carboxylic acids is 2. The number of Topliss-reactive ketones (excluding diaryl/α,β-unsaturated/α-hetero) is 1. The number of fused-ring (bicyclic) bond motifs is 2. The van der Waals surface area contributed by atoms with Gasteiger partial charge in [0.15, 0.2) is 17.3 Å². The van der Waals surface area contributed by atoms with Gasteiger partial charge in [-0.2, -0.15) is 5.10 Å². The lowest BCUT2D eigenvalue weighted by Crippen LogP contribution is -2.28. The van der Waals surface area contributed by atoms with Crippen molar-refractivity contribution in [3.8, 4) is 17.2 Å². The zero-order chi connectivity index (χ0) is 20.8. The number of rotatable bonds is 4. The van der Waals surface area contributed by atoms with E-state index in [0.717, 1.165) is 23.4 Å². The van der Waals surface area contributed by atoms with Gasteiger partial charge in [-0.05, 0) is 49.2 Å². The number of nitrogens with zero attached hydrogens (tertiary/aromatic N) is 2. The standard InChI is InChI=1S/C23H21N3O4/c1-3-14-5-4-6-16(9-14)26-23-21(13(2)25-26)17(11-20(27)24-23)22(28)15-7-8-18-19(10-15)30-12-29-18/h4-10,17H,3,11-12H2,1-2H3,(H,24,27). The molecule has 7 heteroatoms. The van der Waals surface area contributed by atoms with Crippen molar-refractivity contribution in [1.29, 1.82) is 0 Å². The van der Waals surface area contributed by atoms with Crippen molar-refractivity contribution >= 4 is 17.5 Å². The zero-order valence-electron chi connectivity index (χ0n) is 16.8. The van der Waals surface area contributed by atoms with E-state index in [1.165, 1.54) is 5.56 Å². The maximum atomic E-state index is 13.4. The minimum atomic E-state index is -0.600. The third kappa shape index (κ3) is 2.94. The van der Waals surface area contributed by atoms with E-state index >= 15 is 0 Å². The van der Waals surface area contributed by atoms with Crippen molar-refractivity contribution in [2.75, 3.05) is 12.1 Å². The van der Waals surface area contributed by atoms with Crippen molar-refractivity contribution in [3.63, 3.8) is 0 Å². The van der Waals surface area contributed by atoms with Crippen LogP contribution in [0.15, 0.2) is 42.5 Å². The maximum absolute atomic E-state index is 13.4. The molecule has 5 rings (SSSR count). The predicted molar refractivity (Wildman–Crippen MR) is 111 cm³/mol. The van der Waals surface area contributed by atoms with Gasteiger partial charge < -0.3 is 14.8 Å². The van der Waals surface area contributed by atoms with E-state index in [0.29, 0.717) is 22.9 Å². The quantitative estimate of drug-likeness (QED) is 0.671. The van der Waals surface area contributed by atoms with E-state index in [9.17, 15) is 9.59 Å². The summed E-state index contributed by atoms with van der Waals surface area (Å²) in [6.45, 7) is 4.10. The molecule has 0 saturated carbocycles. The molecule has 0 radical (unpaired) electrons. The van der Waals surface area contributed by atoms with Gasteiger partial charge in [-0.25, -0.2) is 4.68 Å². The van der Waals surface area contributed by atoms with Crippen LogP contribution in [0.4, 0.5) is 5.82 Å². The van der Waals surface area contributed by atoms with Gasteiger partial charge in [0.2, 0.25) is 12.7 Å². The summed E-state index contributed by atoms with van der Waals surface area (Å²) in [4.78, 5) is 25.9. The summed E-state index contributed by atoms with van der Waals surface area (Å²) in [5.74, 6) is 0.802.